The van der Waals surface area contributed by atoms with Crippen LogP contribution in [0.3, 0.4) is 0 Å². The normalized spacial score (nSPS) is 11.2. The molecule has 0 atom stereocenters. The van der Waals surface area contributed by atoms with Crippen molar-refractivity contribution in [1.29, 1.82) is 0 Å². The van der Waals surface area contributed by atoms with Gasteiger partial charge >= 0.3 is 5.88 Å². The van der Waals surface area contributed by atoms with Crippen LogP contribution in [-0.4, -0.2) is 9.67 Å². The highest BCUT2D eigenvalue weighted by molar-refractivity contribution is 5.51. The van der Waals surface area contributed by atoms with Gasteiger partial charge in [-0.2, -0.15) is 9.13 Å². The number of aromatic hydroxyl groups is 1. The van der Waals surface area contributed by atoms with Crippen LogP contribution in [0.25, 0.3) is 11.4 Å². The van der Waals surface area contributed by atoms with E-state index in [-0.39, 0.29) is 0 Å². The van der Waals surface area contributed by atoms with Gasteiger partial charge in [-0.15, -0.1) is 0 Å². The van der Waals surface area contributed by atoms with E-state index in [1.807, 2.05) is 4.57 Å². The van der Waals surface area contributed by atoms with E-state index in [4.69, 9.17) is 0 Å². The first kappa shape index (κ1) is 20.2. The maximum absolute atomic E-state index is 11.2. The van der Waals surface area contributed by atoms with Crippen LogP contribution in [0.4, 0.5) is 0 Å². The summed E-state index contributed by atoms with van der Waals surface area (Å²) >= 11 is 0. The maximum atomic E-state index is 11.2. The maximum Gasteiger partial charge on any atom is 0.331 e. The molecule has 148 valence electrons. The summed E-state index contributed by atoms with van der Waals surface area (Å²) in [6.07, 6.45) is 5.06. The van der Waals surface area contributed by atoms with Gasteiger partial charge < -0.3 is 5.11 Å². The fourth-order valence-corrected chi connectivity index (χ4v) is 4.52. The van der Waals surface area contributed by atoms with Crippen molar-refractivity contribution >= 4 is 0 Å². The first-order valence-corrected chi connectivity index (χ1v) is 10.3. The molecule has 0 aliphatic heterocycles. The van der Waals surface area contributed by atoms with Gasteiger partial charge in [0.25, 0.3) is 6.33 Å². The van der Waals surface area contributed by atoms with Crippen molar-refractivity contribution in [2.45, 2.75) is 67.7 Å². The predicted molar refractivity (Wildman–Crippen MR) is 116 cm³/mol. The minimum Gasteiger partial charge on any atom is -0.475 e. The zero-order chi connectivity index (χ0) is 20.6. The minimum atomic E-state index is 0.350. The lowest BCUT2D eigenvalue weighted by molar-refractivity contribution is -0.603. The third-order valence-electron chi connectivity index (χ3n) is 5.53. The number of aryl methyl sites for hydroxylation is 6. The third kappa shape index (κ3) is 3.58. The molecule has 0 bridgehead atoms. The molecule has 0 radical (unpaired) electrons. The average Bonchev–Trinajstić information content (AvgIpc) is 2.88. The van der Waals surface area contributed by atoms with E-state index >= 15 is 0 Å². The molecule has 1 heterocycles. The Labute approximate surface area is 169 Å². The summed E-state index contributed by atoms with van der Waals surface area (Å²) < 4.78 is 4.17. The molecule has 0 saturated carbocycles. The van der Waals surface area contributed by atoms with Crippen molar-refractivity contribution in [2.75, 3.05) is 0 Å². The van der Waals surface area contributed by atoms with Gasteiger partial charge in [-0.3, -0.25) is 0 Å². The molecular formula is C25H33N2O+. The van der Waals surface area contributed by atoms with E-state index in [0.717, 1.165) is 30.6 Å². The number of unbranched alkanes of at least 4 members (excludes halogenated alkanes) is 1. The van der Waals surface area contributed by atoms with E-state index in [2.05, 4.69) is 83.6 Å². The first-order chi connectivity index (χ1) is 13.2. The predicted octanol–water partition coefficient (Wildman–Crippen LogP) is 5.65. The largest absolute Gasteiger partial charge is 0.475 e. The Morgan fingerprint density at radius 2 is 1.32 bits per heavy atom. The number of nitrogens with zero attached hydrogens (tertiary/aromatic N) is 2. The van der Waals surface area contributed by atoms with Crippen LogP contribution in [0.2, 0.25) is 0 Å². The van der Waals surface area contributed by atoms with Crippen LogP contribution in [0, 0.1) is 41.5 Å². The second kappa shape index (κ2) is 7.83. The molecule has 0 aliphatic carbocycles. The fourth-order valence-electron chi connectivity index (χ4n) is 4.52. The smallest absolute Gasteiger partial charge is 0.331 e. The van der Waals surface area contributed by atoms with Gasteiger partial charge in [0.15, 0.2) is 5.69 Å². The number of imidazole rings is 1. The van der Waals surface area contributed by atoms with Crippen molar-refractivity contribution < 1.29 is 9.67 Å². The molecule has 3 nitrogen and oxygen atoms in total. The van der Waals surface area contributed by atoms with Crippen molar-refractivity contribution in [3.63, 3.8) is 0 Å². The highest BCUT2D eigenvalue weighted by Crippen LogP contribution is 2.28. The Balaban J connectivity index is 2.30. The molecule has 0 aliphatic rings. The van der Waals surface area contributed by atoms with Crippen molar-refractivity contribution in [2.24, 2.45) is 0 Å². The van der Waals surface area contributed by atoms with Gasteiger partial charge in [0.1, 0.15) is 11.4 Å². The topological polar surface area (TPSA) is 29.0 Å². The lowest BCUT2D eigenvalue weighted by Gasteiger charge is -2.09. The number of hydrogen-bond donors (Lipinski definition) is 1. The Hall–Kier alpha value is -2.55. The highest BCUT2D eigenvalue weighted by Gasteiger charge is 2.28. The first-order valence-electron chi connectivity index (χ1n) is 10.3. The fraction of sp³-hybridized carbons (Fsp3) is 0.400. The summed E-state index contributed by atoms with van der Waals surface area (Å²) in [4.78, 5) is 0. The van der Waals surface area contributed by atoms with Crippen LogP contribution >= 0.6 is 0 Å². The van der Waals surface area contributed by atoms with E-state index in [9.17, 15) is 5.11 Å². The number of aromatic nitrogens is 2. The van der Waals surface area contributed by atoms with Crippen LogP contribution < -0.4 is 4.57 Å². The molecule has 1 N–H and O–H groups in total. The Morgan fingerprint density at radius 1 is 0.821 bits per heavy atom. The second-order valence-corrected chi connectivity index (χ2v) is 8.22. The van der Waals surface area contributed by atoms with E-state index in [1.165, 1.54) is 39.1 Å². The summed E-state index contributed by atoms with van der Waals surface area (Å²) in [5.41, 5.74) is 10.6. The number of benzene rings is 2. The van der Waals surface area contributed by atoms with Crippen LogP contribution in [0.5, 0.6) is 5.88 Å². The summed E-state index contributed by atoms with van der Waals surface area (Å²) in [5.74, 6) is 0.350. The minimum absolute atomic E-state index is 0.350. The van der Waals surface area contributed by atoms with E-state index < -0.39 is 0 Å². The molecule has 0 spiro atoms. The number of hydrogen-bond acceptors (Lipinski definition) is 1. The Morgan fingerprint density at radius 3 is 1.82 bits per heavy atom. The van der Waals surface area contributed by atoms with Gasteiger partial charge in [0, 0.05) is 6.42 Å². The van der Waals surface area contributed by atoms with Crippen LogP contribution in [-0.2, 0) is 6.42 Å². The molecule has 2 aromatic carbocycles. The molecule has 0 fully saturated rings. The van der Waals surface area contributed by atoms with Gasteiger partial charge in [0.05, 0.1) is 0 Å². The summed E-state index contributed by atoms with van der Waals surface area (Å²) in [6, 6.07) is 8.80. The monoisotopic (exact) mass is 377 g/mol. The molecule has 3 heteroatoms. The zero-order valence-electron chi connectivity index (χ0n) is 18.3. The second-order valence-electron chi connectivity index (χ2n) is 8.22. The molecule has 1 aromatic heterocycles. The lowest BCUT2D eigenvalue weighted by atomic mass is 10.0. The van der Waals surface area contributed by atoms with Gasteiger partial charge in [0.2, 0.25) is 0 Å². The third-order valence-corrected chi connectivity index (χ3v) is 5.53. The Bertz CT molecular complexity index is 981. The molecule has 3 aromatic rings. The van der Waals surface area contributed by atoms with Crippen LogP contribution in [0.15, 0.2) is 30.6 Å². The quantitative estimate of drug-likeness (QED) is 0.572. The van der Waals surface area contributed by atoms with E-state index in [1.54, 1.807) is 0 Å². The van der Waals surface area contributed by atoms with E-state index in [0.29, 0.717) is 5.88 Å². The van der Waals surface area contributed by atoms with Crippen molar-refractivity contribution in [1.82, 2.24) is 4.57 Å². The van der Waals surface area contributed by atoms with Crippen LogP contribution in [0.1, 0.15) is 58.8 Å². The summed E-state index contributed by atoms with van der Waals surface area (Å²) in [7, 11) is 0. The average molecular weight is 378 g/mol. The Kier molecular flexibility index (Phi) is 5.64. The molecular weight excluding hydrogens is 344 g/mol. The SMILES string of the molecule is CCCCc1c(O)[n+](-c2c(C)cc(C)cc2C)cn1-c1c(C)cc(C)cc1C. The molecule has 0 unspecified atom stereocenters. The molecule has 0 amide bonds. The van der Waals surface area contributed by atoms with Crippen molar-refractivity contribution in [3.05, 3.63) is 69.7 Å². The molecule has 28 heavy (non-hydrogen) atoms. The van der Waals surface area contributed by atoms with Crippen molar-refractivity contribution in [3.8, 4) is 17.3 Å². The lowest BCUT2D eigenvalue weighted by Crippen LogP contribution is -2.31. The highest BCUT2D eigenvalue weighted by atomic mass is 16.3. The number of rotatable bonds is 5. The van der Waals surface area contributed by atoms with Gasteiger partial charge in [-0.25, -0.2) is 0 Å². The van der Waals surface area contributed by atoms with Gasteiger partial charge in [-0.1, -0.05) is 48.7 Å². The zero-order valence-corrected chi connectivity index (χ0v) is 18.3. The molecule has 3 rings (SSSR count). The van der Waals surface area contributed by atoms with Gasteiger partial charge in [-0.05, 0) is 70.2 Å². The molecule has 0 saturated heterocycles. The summed E-state index contributed by atoms with van der Waals surface area (Å²) in [6.45, 7) is 15.0. The summed E-state index contributed by atoms with van der Waals surface area (Å²) in [5, 5.41) is 11.2. The standard InChI is InChI=1S/C25H32N2O/c1-8-9-10-22-25(28)27(24-20(6)13-17(3)14-21(24)7)15-26(22)23-18(4)11-16(2)12-19(23)5/h11-15H,8-10H2,1-7H3/p+1.